The summed E-state index contributed by atoms with van der Waals surface area (Å²) in [5.41, 5.74) is 1.97. The van der Waals surface area contributed by atoms with E-state index in [-0.39, 0.29) is 6.61 Å². The van der Waals surface area contributed by atoms with Crippen molar-refractivity contribution in [1.82, 2.24) is 0 Å². The Labute approximate surface area is 152 Å². The lowest BCUT2D eigenvalue weighted by Crippen LogP contribution is -2.01. The van der Waals surface area contributed by atoms with E-state index >= 15 is 0 Å². The Hall–Kier alpha value is -3.46. The van der Waals surface area contributed by atoms with Crippen LogP contribution in [0.25, 0.3) is 6.08 Å². The van der Waals surface area contributed by atoms with E-state index in [4.69, 9.17) is 24.2 Å². The number of rotatable bonds is 7. The minimum Gasteiger partial charge on any atom is -0.493 e. The summed E-state index contributed by atoms with van der Waals surface area (Å²) in [6.07, 6.45) is 2.91. The van der Waals surface area contributed by atoms with Crippen LogP contribution in [0.3, 0.4) is 0 Å². The summed E-state index contributed by atoms with van der Waals surface area (Å²) in [5, 5.41) is 8.87. The standard InChI is InChI=1S/C20H19NO5/c1-23-17-10-14(11-18(24-2)20(17)25-3)7-8-19(22)26-13-16-6-4-5-15(9-16)12-21/h4-11H,13H2,1-3H3/b8-7+. The van der Waals surface area contributed by atoms with E-state index in [1.54, 1.807) is 42.5 Å². The lowest BCUT2D eigenvalue weighted by Gasteiger charge is -2.12. The number of methoxy groups -OCH3 is 3. The van der Waals surface area contributed by atoms with Crippen molar-refractivity contribution in [3.8, 4) is 23.3 Å². The van der Waals surface area contributed by atoms with Gasteiger partial charge in [-0.3, -0.25) is 0 Å². The van der Waals surface area contributed by atoms with Gasteiger partial charge in [-0.05, 0) is 41.5 Å². The van der Waals surface area contributed by atoms with Gasteiger partial charge < -0.3 is 18.9 Å². The molecule has 2 rings (SSSR count). The third-order valence-corrected chi connectivity index (χ3v) is 3.54. The maximum absolute atomic E-state index is 11.9. The van der Waals surface area contributed by atoms with Crippen molar-refractivity contribution in [2.45, 2.75) is 6.61 Å². The van der Waals surface area contributed by atoms with Crippen LogP contribution in [-0.4, -0.2) is 27.3 Å². The number of esters is 1. The van der Waals surface area contributed by atoms with Crippen molar-refractivity contribution in [3.63, 3.8) is 0 Å². The first-order chi connectivity index (χ1) is 12.6. The Balaban J connectivity index is 2.06. The number of ether oxygens (including phenoxy) is 4. The average Bonchev–Trinajstić information content (AvgIpc) is 2.69. The highest BCUT2D eigenvalue weighted by Gasteiger charge is 2.12. The highest BCUT2D eigenvalue weighted by atomic mass is 16.5. The van der Waals surface area contributed by atoms with Crippen LogP contribution in [0.15, 0.2) is 42.5 Å². The molecule has 0 fully saturated rings. The molecule has 0 aliphatic heterocycles. The predicted octanol–water partition coefficient (Wildman–Crippen LogP) is 3.34. The second kappa shape index (κ2) is 9.14. The molecule has 0 saturated heterocycles. The van der Waals surface area contributed by atoms with Gasteiger partial charge in [-0.25, -0.2) is 4.79 Å². The molecule has 134 valence electrons. The van der Waals surface area contributed by atoms with Crippen molar-refractivity contribution < 1.29 is 23.7 Å². The van der Waals surface area contributed by atoms with Crippen molar-refractivity contribution in [2.75, 3.05) is 21.3 Å². The first kappa shape index (κ1) is 18.9. The lowest BCUT2D eigenvalue weighted by molar-refractivity contribution is -0.138. The zero-order valence-corrected chi connectivity index (χ0v) is 14.8. The number of benzene rings is 2. The summed E-state index contributed by atoms with van der Waals surface area (Å²) in [5.74, 6) is 0.967. The van der Waals surface area contributed by atoms with Crippen molar-refractivity contribution in [1.29, 1.82) is 5.26 Å². The molecule has 0 atom stereocenters. The van der Waals surface area contributed by atoms with E-state index in [2.05, 4.69) is 0 Å². The van der Waals surface area contributed by atoms with Crippen LogP contribution in [0.1, 0.15) is 16.7 Å². The topological polar surface area (TPSA) is 77.8 Å². The first-order valence-corrected chi connectivity index (χ1v) is 7.75. The molecule has 0 unspecified atom stereocenters. The summed E-state index contributed by atoms with van der Waals surface area (Å²) in [6, 6.07) is 12.4. The number of carbonyl (C=O) groups excluding carboxylic acids is 1. The third kappa shape index (κ3) is 4.77. The molecular weight excluding hydrogens is 334 g/mol. The van der Waals surface area contributed by atoms with E-state index in [9.17, 15) is 4.79 Å². The molecule has 6 nitrogen and oxygen atoms in total. The SMILES string of the molecule is COc1cc(/C=C/C(=O)OCc2cccc(C#N)c2)cc(OC)c1OC. The van der Waals surface area contributed by atoms with Gasteiger partial charge in [0.15, 0.2) is 11.5 Å². The van der Waals surface area contributed by atoms with E-state index in [0.29, 0.717) is 28.4 Å². The highest BCUT2D eigenvalue weighted by Crippen LogP contribution is 2.38. The molecule has 0 heterocycles. The fraction of sp³-hybridized carbons (Fsp3) is 0.200. The molecule has 0 saturated carbocycles. The number of nitrogens with zero attached hydrogens (tertiary/aromatic N) is 1. The molecule has 0 aliphatic carbocycles. The molecule has 2 aromatic carbocycles. The van der Waals surface area contributed by atoms with Gasteiger partial charge in [0.2, 0.25) is 5.75 Å². The summed E-state index contributed by atoms with van der Waals surface area (Å²) in [6.45, 7) is 0.0912. The zero-order chi connectivity index (χ0) is 18.9. The van der Waals surface area contributed by atoms with Crippen LogP contribution >= 0.6 is 0 Å². The Bertz CT molecular complexity index is 827. The van der Waals surface area contributed by atoms with Gasteiger partial charge in [-0.1, -0.05) is 12.1 Å². The molecule has 0 aliphatic rings. The van der Waals surface area contributed by atoms with E-state index in [0.717, 1.165) is 5.56 Å². The fourth-order valence-electron chi connectivity index (χ4n) is 2.30. The van der Waals surface area contributed by atoms with Gasteiger partial charge in [0, 0.05) is 6.08 Å². The molecule has 0 aromatic heterocycles. The van der Waals surface area contributed by atoms with Gasteiger partial charge in [0.1, 0.15) is 6.61 Å². The van der Waals surface area contributed by atoms with Crippen LogP contribution in [0, 0.1) is 11.3 Å². The van der Waals surface area contributed by atoms with Gasteiger partial charge in [0.25, 0.3) is 0 Å². The maximum Gasteiger partial charge on any atom is 0.331 e. The highest BCUT2D eigenvalue weighted by molar-refractivity contribution is 5.87. The smallest absolute Gasteiger partial charge is 0.331 e. The summed E-state index contributed by atoms with van der Waals surface area (Å²) in [7, 11) is 4.57. The first-order valence-electron chi connectivity index (χ1n) is 7.75. The van der Waals surface area contributed by atoms with Gasteiger partial charge in [0.05, 0.1) is 33.0 Å². The van der Waals surface area contributed by atoms with E-state index in [1.807, 2.05) is 6.07 Å². The Kier molecular flexibility index (Phi) is 6.63. The number of hydrogen-bond donors (Lipinski definition) is 0. The largest absolute Gasteiger partial charge is 0.493 e. The molecule has 6 heteroatoms. The van der Waals surface area contributed by atoms with Crippen molar-refractivity contribution in [3.05, 3.63) is 59.2 Å². The second-order valence-electron chi connectivity index (χ2n) is 5.21. The molecular formula is C20H19NO5. The van der Waals surface area contributed by atoms with E-state index < -0.39 is 5.97 Å². The normalized spacial score (nSPS) is 10.2. The second-order valence-corrected chi connectivity index (χ2v) is 5.21. The number of nitriles is 1. The zero-order valence-electron chi connectivity index (χ0n) is 14.8. The Morgan fingerprint density at radius 3 is 2.35 bits per heavy atom. The average molecular weight is 353 g/mol. The van der Waals surface area contributed by atoms with Crippen LogP contribution in [0.2, 0.25) is 0 Å². The molecule has 0 spiro atoms. The maximum atomic E-state index is 11.9. The fourth-order valence-corrected chi connectivity index (χ4v) is 2.30. The molecule has 0 radical (unpaired) electrons. The van der Waals surface area contributed by atoms with Crippen molar-refractivity contribution >= 4 is 12.0 Å². The van der Waals surface area contributed by atoms with Crippen molar-refractivity contribution in [2.24, 2.45) is 0 Å². The van der Waals surface area contributed by atoms with Crippen LogP contribution in [0.5, 0.6) is 17.2 Å². The van der Waals surface area contributed by atoms with Gasteiger partial charge >= 0.3 is 5.97 Å². The molecule has 26 heavy (non-hydrogen) atoms. The summed E-state index contributed by atoms with van der Waals surface area (Å²) < 4.78 is 21.0. The predicted molar refractivity (Wildman–Crippen MR) is 96.1 cm³/mol. The van der Waals surface area contributed by atoms with Crippen LogP contribution in [0.4, 0.5) is 0 Å². The minimum absolute atomic E-state index is 0.0912. The lowest BCUT2D eigenvalue weighted by atomic mass is 10.1. The Morgan fingerprint density at radius 2 is 1.77 bits per heavy atom. The van der Waals surface area contributed by atoms with Crippen LogP contribution in [-0.2, 0) is 16.1 Å². The number of hydrogen-bond acceptors (Lipinski definition) is 6. The van der Waals surface area contributed by atoms with Gasteiger partial charge in [-0.2, -0.15) is 5.26 Å². The Morgan fingerprint density at radius 1 is 1.08 bits per heavy atom. The minimum atomic E-state index is -0.499. The molecule has 0 bridgehead atoms. The quantitative estimate of drug-likeness (QED) is 0.561. The molecule has 2 aromatic rings. The molecule has 0 N–H and O–H groups in total. The monoisotopic (exact) mass is 353 g/mol. The molecule has 0 amide bonds. The number of carbonyl (C=O) groups is 1. The van der Waals surface area contributed by atoms with Gasteiger partial charge in [-0.15, -0.1) is 0 Å². The third-order valence-electron chi connectivity index (χ3n) is 3.54. The summed E-state index contributed by atoms with van der Waals surface area (Å²) >= 11 is 0. The van der Waals surface area contributed by atoms with E-state index in [1.165, 1.54) is 27.4 Å². The van der Waals surface area contributed by atoms with Crippen LogP contribution < -0.4 is 14.2 Å². The summed E-state index contributed by atoms with van der Waals surface area (Å²) in [4.78, 5) is 11.9.